The van der Waals surface area contributed by atoms with E-state index < -0.39 is 30.1 Å². The van der Waals surface area contributed by atoms with Crippen LogP contribution in [0.3, 0.4) is 0 Å². The molecule has 0 radical (unpaired) electrons. The van der Waals surface area contributed by atoms with E-state index in [2.05, 4.69) is 29.6 Å². The van der Waals surface area contributed by atoms with Gasteiger partial charge in [0.1, 0.15) is 12.6 Å². The monoisotopic (exact) mass is 554 g/mol. The minimum absolute atomic E-state index is 0.0409. The van der Waals surface area contributed by atoms with Crippen LogP contribution in [0.25, 0.3) is 11.1 Å². The van der Waals surface area contributed by atoms with Crippen molar-refractivity contribution in [2.24, 2.45) is 17.8 Å². The number of hydrogen-bond donors (Lipinski definition) is 2. The van der Waals surface area contributed by atoms with Gasteiger partial charge in [0.25, 0.3) is 0 Å². The largest absolute Gasteiger partial charge is 0.481 e. The summed E-state index contributed by atoms with van der Waals surface area (Å²) in [4.78, 5) is 40.1. The maximum absolute atomic E-state index is 13.7. The van der Waals surface area contributed by atoms with Gasteiger partial charge in [-0.3, -0.25) is 9.59 Å². The molecule has 1 heterocycles. The number of nitrogens with zero attached hydrogens (tertiary/aromatic N) is 1. The summed E-state index contributed by atoms with van der Waals surface area (Å²) < 4.78 is 11.8. The van der Waals surface area contributed by atoms with E-state index in [1.807, 2.05) is 54.6 Å². The Kier molecular flexibility index (Phi) is 7.49. The van der Waals surface area contributed by atoms with Crippen LogP contribution in [0.1, 0.15) is 36.0 Å². The van der Waals surface area contributed by atoms with Gasteiger partial charge in [-0.15, -0.1) is 0 Å². The van der Waals surface area contributed by atoms with E-state index in [9.17, 15) is 19.5 Å². The Morgan fingerprint density at radius 2 is 1.56 bits per heavy atom. The SMILES string of the molecule is CC(OCc1ccccc1)C(NC(=O)OCC1c2ccccc2-c2ccccc21)C(=O)N1CCC2C(C1)C2C(=O)O. The van der Waals surface area contributed by atoms with E-state index in [0.29, 0.717) is 19.5 Å². The molecule has 212 valence electrons. The first-order chi connectivity index (χ1) is 19.9. The number of piperidine rings is 1. The number of alkyl carbamates (subject to hydrolysis) is 1. The summed E-state index contributed by atoms with van der Waals surface area (Å²) in [5.41, 5.74) is 5.44. The average Bonchev–Trinajstić information content (AvgIpc) is 3.65. The maximum atomic E-state index is 13.7. The topological polar surface area (TPSA) is 105 Å². The van der Waals surface area contributed by atoms with E-state index in [0.717, 1.165) is 27.8 Å². The average molecular weight is 555 g/mol. The summed E-state index contributed by atoms with van der Waals surface area (Å²) in [7, 11) is 0. The second-order valence-corrected chi connectivity index (χ2v) is 11.2. The van der Waals surface area contributed by atoms with Crippen LogP contribution in [0.2, 0.25) is 0 Å². The van der Waals surface area contributed by atoms with E-state index in [4.69, 9.17) is 9.47 Å². The zero-order chi connectivity index (χ0) is 28.5. The van der Waals surface area contributed by atoms with Crippen LogP contribution in [0, 0.1) is 17.8 Å². The zero-order valence-corrected chi connectivity index (χ0v) is 22.9. The lowest BCUT2D eigenvalue weighted by atomic mass is 9.98. The van der Waals surface area contributed by atoms with Crippen LogP contribution in [-0.4, -0.2) is 59.8 Å². The van der Waals surface area contributed by atoms with Crippen LogP contribution in [0.15, 0.2) is 78.9 Å². The quantitative estimate of drug-likeness (QED) is 0.398. The zero-order valence-electron chi connectivity index (χ0n) is 22.9. The Bertz CT molecular complexity index is 1400. The lowest BCUT2D eigenvalue weighted by Gasteiger charge is -2.32. The van der Waals surface area contributed by atoms with Gasteiger partial charge in [-0.25, -0.2) is 4.79 Å². The number of ether oxygens (including phenoxy) is 2. The van der Waals surface area contributed by atoms with Crippen molar-refractivity contribution in [3.8, 4) is 11.1 Å². The summed E-state index contributed by atoms with van der Waals surface area (Å²) in [6.45, 7) is 3.00. The fourth-order valence-electron chi connectivity index (χ4n) is 6.55. The molecule has 0 aromatic heterocycles. The number of rotatable bonds is 9. The van der Waals surface area contributed by atoms with Gasteiger partial charge in [-0.2, -0.15) is 0 Å². The lowest BCUT2D eigenvalue weighted by molar-refractivity contribution is -0.140. The summed E-state index contributed by atoms with van der Waals surface area (Å²) in [6.07, 6.45) is -0.690. The molecule has 1 saturated heterocycles. The Hall–Kier alpha value is -4.17. The number of carboxylic acids is 1. The van der Waals surface area contributed by atoms with Crippen LogP contribution in [0.5, 0.6) is 0 Å². The number of hydrogen-bond acceptors (Lipinski definition) is 5. The number of carbonyl (C=O) groups excluding carboxylic acids is 2. The van der Waals surface area contributed by atoms with Crippen molar-refractivity contribution >= 4 is 18.0 Å². The van der Waals surface area contributed by atoms with E-state index >= 15 is 0 Å². The van der Waals surface area contributed by atoms with Crippen LogP contribution >= 0.6 is 0 Å². The van der Waals surface area contributed by atoms with E-state index in [1.165, 1.54) is 0 Å². The van der Waals surface area contributed by atoms with Gasteiger partial charge in [0, 0.05) is 19.0 Å². The van der Waals surface area contributed by atoms with Crippen LogP contribution in [-0.2, 0) is 25.7 Å². The molecule has 0 spiro atoms. The Labute approximate surface area is 239 Å². The smallest absolute Gasteiger partial charge is 0.407 e. The standard InChI is InChI=1S/C33H34N2O6/c1-20(40-18-21-9-3-2-4-10-21)30(31(36)35-16-15-26-27(17-35)29(26)32(37)38)34-33(39)41-19-28-24-13-7-5-11-22(24)23-12-6-8-14-25(23)28/h2-14,20,26-30H,15-19H2,1H3,(H,34,39)(H,37,38). The van der Waals surface area contributed by atoms with Crippen LogP contribution in [0.4, 0.5) is 4.79 Å². The molecule has 3 aliphatic rings. The first kappa shape index (κ1) is 27.0. The number of likely N-dealkylation sites (tertiary alicyclic amines) is 1. The molecule has 3 aromatic rings. The van der Waals surface area contributed by atoms with Gasteiger partial charge in [0.2, 0.25) is 5.91 Å². The highest BCUT2D eigenvalue weighted by Crippen LogP contribution is 2.51. The molecule has 2 aliphatic carbocycles. The normalized spacial score (nSPS) is 22.1. The highest BCUT2D eigenvalue weighted by molar-refractivity contribution is 5.87. The molecular weight excluding hydrogens is 520 g/mol. The van der Waals surface area contributed by atoms with Gasteiger partial charge in [0.15, 0.2) is 0 Å². The number of fused-ring (bicyclic) bond motifs is 4. The first-order valence-corrected chi connectivity index (χ1v) is 14.2. The van der Waals surface area contributed by atoms with Crippen molar-refractivity contribution in [3.63, 3.8) is 0 Å². The number of amides is 2. The van der Waals surface area contributed by atoms with E-state index in [-0.39, 0.29) is 36.9 Å². The molecule has 2 N–H and O–H groups in total. The molecule has 0 bridgehead atoms. The van der Waals surface area contributed by atoms with Crippen molar-refractivity contribution in [2.75, 3.05) is 19.7 Å². The van der Waals surface area contributed by atoms with Crippen molar-refractivity contribution in [1.29, 1.82) is 0 Å². The summed E-state index contributed by atoms with van der Waals surface area (Å²) in [5, 5.41) is 12.3. The van der Waals surface area contributed by atoms with Crippen molar-refractivity contribution < 1.29 is 29.0 Å². The molecule has 41 heavy (non-hydrogen) atoms. The van der Waals surface area contributed by atoms with Crippen molar-refractivity contribution in [2.45, 2.75) is 38.0 Å². The Balaban J connectivity index is 1.14. The molecule has 1 saturated carbocycles. The Morgan fingerprint density at radius 1 is 0.927 bits per heavy atom. The molecule has 2 amide bonds. The molecular formula is C33H34N2O6. The molecule has 5 atom stereocenters. The third-order valence-electron chi connectivity index (χ3n) is 8.80. The van der Waals surface area contributed by atoms with Crippen LogP contribution < -0.4 is 5.32 Å². The number of benzene rings is 3. The predicted molar refractivity (Wildman–Crippen MR) is 152 cm³/mol. The van der Waals surface area contributed by atoms with Gasteiger partial charge >= 0.3 is 12.1 Å². The van der Waals surface area contributed by atoms with Gasteiger partial charge in [0.05, 0.1) is 18.6 Å². The predicted octanol–water partition coefficient (Wildman–Crippen LogP) is 4.68. The third kappa shape index (κ3) is 5.44. The highest BCUT2D eigenvalue weighted by Gasteiger charge is 2.57. The molecule has 3 aromatic carbocycles. The second kappa shape index (κ2) is 11.4. The summed E-state index contributed by atoms with van der Waals surface area (Å²) in [6, 6.07) is 24.9. The summed E-state index contributed by atoms with van der Waals surface area (Å²) >= 11 is 0. The molecule has 2 fully saturated rings. The summed E-state index contributed by atoms with van der Waals surface area (Å²) in [5.74, 6) is -1.50. The van der Waals surface area contributed by atoms with Gasteiger partial charge < -0.3 is 24.8 Å². The number of nitrogens with one attached hydrogen (secondary N) is 1. The maximum Gasteiger partial charge on any atom is 0.407 e. The fraction of sp³-hybridized carbons (Fsp3) is 0.364. The first-order valence-electron chi connectivity index (χ1n) is 14.2. The Morgan fingerprint density at radius 3 is 2.22 bits per heavy atom. The number of aliphatic carboxylic acids is 1. The van der Waals surface area contributed by atoms with E-state index in [1.54, 1.807) is 11.8 Å². The van der Waals surface area contributed by atoms with Gasteiger partial charge in [-0.05, 0) is 53.0 Å². The minimum Gasteiger partial charge on any atom is -0.481 e. The number of carbonyl (C=O) groups is 3. The molecule has 8 nitrogen and oxygen atoms in total. The molecule has 5 unspecified atom stereocenters. The second-order valence-electron chi connectivity index (χ2n) is 11.2. The lowest BCUT2D eigenvalue weighted by Crippen LogP contribution is -2.55. The highest BCUT2D eigenvalue weighted by atomic mass is 16.5. The molecule has 8 heteroatoms. The third-order valence-corrected chi connectivity index (χ3v) is 8.80. The molecule has 1 aliphatic heterocycles. The van der Waals surface area contributed by atoms with Crippen molar-refractivity contribution in [1.82, 2.24) is 10.2 Å². The van der Waals surface area contributed by atoms with Gasteiger partial charge in [-0.1, -0.05) is 78.9 Å². The minimum atomic E-state index is -0.979. The molecule has 6 rings (SSSR count). The van der Waals surface area contributed by atoms with Crippen molar-refractivity contribution in [3.05, 3.63) is 95.6 Å². The number of carboxylic acid groups (broad SMARTS) is 1. The fourth-order valence-corrected chi connectivity index (χ4v) is 6.55.